The fraction of sp³-hybridized carbons (Fsp3) is 0.667. The fourth-order valence-corrected chi connectivity index (χ4v) is 3.44. The van der Waals surface area contributed by atoms with Crippen LogP contribution in [-0.4, -0.2) is 30.2 Å². The van der Waals surface area contributed by atoms with Crippen molar-refractivity contribution in [3.63, 3.8) is 0 Å². The molecule has 21 heavy (non-hydrogen) atoms. The Bertz CT molecular complexity index is 483. The lowest BCUT2D eigenvalue weighted by Gasteiger charge is -2.40. The molecule has 0 spiro atoms. The molecule has 116 valence electrons. The molecule has 2 unspecified atom stereocenters. The minimum Gasteiger partial charge on any atom is -0.352 e. The van der Waals surface area contributed by atoms with E-state index in [-0.39, 0.29) is 6.04 Å². The summed E-state index contributed by atoms with van der Waals surface area (Å²) in [5.74, 6) is 0.461. The van der Waals surface area contributed by atoms with E-state index in [9.17, 15) is 13.2 Å². The van der Waals surface area contributed by atoms with E-state index in [1.165, 1.54) is 6.07 Å². The first-order chi connectivity index (χ1) is 10.1. The van der Waals surface area contributed by atoms with Crippen molar-refractivity contribution in [3.8, 4) is 0 Å². The van der Waals surface area contributed by atoms with Crippen molar-refractivity contribution in [2.24, 2.45) is 0 Å². The van der Waals surface area contributed by atoms with E-state index in [1.807, 2.05) is 0 Å². The van der Waals surface area contributed by atoms with Crippen LogP contribution >= 0.6 is 0 Å². The van der Waals surface area contributed by atoms with Gasteiger partial charge in [0.2, 0.25) is 0 Å². The van der Waals surface area contributed by atoms with E-state index in [4.69, 9.17) is 0 Å². The minimum absolute atomic E-state index is 0.261. The van der Waals surface area contributed by atoms with E-state index in [0.29, 0.717) is 11.9 Å². The number of aromatic nitrogens is 1. The largest absolute Gasteiger partial charge is 0.433 e. The Morgan fingerprint density at radius 2 is 2.00 bits per heavy atom. The average Bonchev–Trinajstić information content (AvgIpc) is 3.01. The molecule has 2 atom stereocenters. The van der Waals surface area contributed by atoms with Gasteiger partial charge in [0.25, 0.3) is 0 Å². The van der Waals surface area contributed by atoms with Crippen LogP contribution in [0, 0.1) is 0 Å². The third-order valence-corrected chi connectivity index (χ3v) is 4.43. The number of rotatable bonds is 2. The Balaban J connectivity index is 1.86. The molecule has 6 heteroatoms. The van der Waals surface area contributed by atoms with Crippen molar-refractivity contribution in [3.05, 3.63) is 23.9 Å². The molecule has 1 aromatic rings. The van der Waals surface area contributed by atoms with Crippen molar-refractivity contribution in [1.82, 2.24) is 10.3 Å². The van der Waals surface area contributed by atoms with Crippen LogP contribution in [0.25, 0.3) is 0 Å². The van der Waals surface area contributed by atoms with E-state index in [2.05, 4.69) is 15.2 Å². The van der Waals surface area contributed by atoms with Gasteiger partial charge in [-0.25, -0.2) is 4.98 Å². The molecule has 3 rings (SSSR count). The zero-order chi connectivity index (χ0) is 14.9. The van der Waals surface area contributed by atoms with Crippen LogP contribution in [-0.2, 0) is 6.18 Å². The number of hydrogen-bond donors (Lipinski definition) is 1. The average molecular weight is 299 g/mol. The highest BCUT2D eigenvalue weighted by atomic mass is 19.4. The predicted molar refractivity (Wildman–Crippen MR) is 75.2 cm³/mol. The third kappa shape index (κ3) is 3.15. The number of nitrogens with zero attached hydrogens (tertiary/aromatic N) is 2. The maximum atomic E-state index is 12.8. The van der Waals surface area contributed by atoms with E-state index in [1.54, 1.807) is 6.07 Å². The van der Waals surface area contributed by atoms with Crippen LogP contribution in [0.15, 0.2) is 18.2 Å². The number of hydrogen-bond acceptors (Lipinski definition) is 3. The molecule has 2 fully saturated rings. The zero-order valence-electron chi connectivity index (χ0n) is 11.9. The summed E-state index contributed by atoms with van der Waals surface area (Å²) in [5, 5.41) is 3.48. The van der Waals surface area contributed by atoms with Gasteiger partial charge in [-0.3, -0.25) is 0 Å². The molecule has 3 heterocycles. The Labute approximate surface area is 122 Å². The highest BCUT2D eigenvalue weighted by Gasteiger charge is 2.35. The number of piperidine rings is 1. The molecule has 0 amide bonds. The van der Waals surface area contributed by atoms with E-state index in [0.717, 1.165) is 51.3 Å². The van der Waals surface area contributed by atoms with Gasteiger partial charge in [-0.2, -0.15) is 13.2 Å². The summed E-state index contributed by atoms with van der Waals surface area (Å²) < 4.78 is 38.5. The van der Waals surface area contributed by atoms with Gasteiger partial charge in [-0.1, -0.05) is 6.07 Å². The number of halogens is 3. The second-order valence-corrected chi connectivity index (χ2v) is 5.84. The van der Waals surface area contributed by atoms with Crippen LogP contribution in [0.4, 0.5) is 19.0 Å². The van der Waals surface area contributed by atoms with Crippen molar-refractivity contribution in [2.45, 2.75) is 50.4 Å². The van der Waals surface area contributed by atoms with Gasteiger partial charge in [-0.15, -0.1) is 0 Å². The monoisotopic (exact) mass is 299 g/mol. The third-order valence-electron chi connectivity index (χ3n) is 4.43. The number of anilines is 1. The summed E-state index contributed by atoms with van der Waals surface area (Å²) >= 11 is 0. The lowest BCUT2D eigenvalue weighted by molar-refractivity contribution is -0.141. The molecule has 2 saturated heterocycles. The predicted octanol–water partition coefficient (Wildman–Crippen LogP) is 3.21. The summed E-state index contributed by atoms with van der Waals surface area (Å²) in [6.07, 6.45) is 1.03. The van der Waals surface area contributed by atoms with Gasteiger partial charge in [0.1, 0.15) is 11.5 Å². The Kier molecular flexibility index (Phi) is 4.06. The molecule has 0 bridgehead atoms. The number of pyridine rings is 1. The molecular formula is C15H20F3N3. The van der Waals surface area contributed by atoms with Crippen LogP contribution in [0.5, 0.6) is 0 Å². The summed E-state index contributed by atoms with van der Waals surface area (Å²) in [5.41, 5.74) is -0.802. The number of alkyl halides is 3. The molecule has 0 radical (unpaired) electrons. The van der Waals surface area contributed by atoms with Gasteiger partial charge in [0, 0.05) is 18.6 Å². The molecule has 3 nitrogen and oxygen atoms in total. The van der Waals surface area contributed by atoms with Crippen LogP contribution in [0.2, 0.25) is 0 Å². The molecule has 0 aromatic carbocycles. The highest BCUT2D eigenvalue weighted by molar-refractivity contribution is 5.42. The van der Waals surface area contributed by atoms with Crippen molar-refractivity contribution in [2.75, 3.05) is 18.0 Å². The molecular weight excluding hydrogens is 279 g/mol. The summed E-state index contributed by atoms with van der Waals surface area (Å²) in [7, 11) is 0. The second-order valence-electron chi connectivity index (χ2n) is 5.84. The first kappa shape index (κ1) is 14.6. The SMILES string of the molecule is FC(F)(F)c1cccc(N2CCCCC2C2CCCN2)n1. The van der Waals surface area contributed by atoms with E-state index < -0.39 is 11.9 Å². The normalized spacial score (nSPS) is 27.1. The molecule has 2 aliphatic rings. The van der Waals surface area contributed by atoms with Gasteiger partial charge in [-0.05, 0) is 50.8 Å². The molecule has 1 aromatic heterocycles. The maximum absolute atomic E-state index is 12.8. The lowest BCUT2D eigenvalue weighted by Crippen LogP contribution is -2.50. The Morgan fingerprint density at radius 3 is 2.71 bits per heavy atom. The smallest absolute Gasteiger partial charge is 0.352 e. The van der Waals surface area contributed by atoms with Crippen molar-refractivity contribution in [1.29, 1.82) is 0 Å². The lowest BCUT2D eigenvalue weighted by atomic mass is 9.94. The van der Waals surface area contributed by atoms with Gasteiger partial charge < -0.3 is 10.2 Å². The van der Waals surface area contributed by atoms with E-state index >= 15 is 0 Å². The Morgan fingerprint density at radius 1 is 1.14 bits per heavy atom. The fourth-order valence-electron chi connectivity index (χ4n) is 3.44. The minimum atomic E-state index is -4.38. The highest BCUT2D eigenvalue weighted by Crippen LogP contribution is 2.32. The molecule has 1 N–H and O–H groups in total. The Hall–Kier alpha value is -1.30. The molecule has 0 aliphatic carbocycles. The van der Waals surface area contributed by atoms with Crippen LogP contribution in [0.1, 0.15) is 37.8 Å². The second kappa shape index (κ2) is 5.83. The first-order valence-corrected chi connectivity index (χ1v) is 7.60. The summed E-state index contributed by atoms with van der Waals surface area (Å²) in [6.45, 7) is 1.79. The topological polar surface area (TPSA) is 28.2 Å². The first-order valence-electron chi connectivity index (χ1n) is 7.60. The number of nitrogens with one attached hydrogen (secondary N) is 1. The van der Waals surface area contributed by atoms with Gasteiger partial charge >= 0.3 is 6.18 Å². The van der Waals surface area contributed by atoms with Crippen molar-refractivity contribution < 1.29 is 13.2 Å². The quantitative estimate of drug-likeness (QED) is 0.909. The molecule has 2 aliphatic heterocycles. The van der Waals surface area contributed by atoms with Gasteiger partial charge in [0.15, 0.2) is 0 Å². The summed E-state index contributed by atoms with van der Waals surface area (Å²) in [4.78, 5) is 5.93. The molecule has 0 saturated carbocycles. The standard InChI is InChI=1S/C15H20F3N3/c16-15(17,18)13-7-3-8-14(20-13)21-10-2-1-6-12(21)11-5-4-9-19-11/h3,7-8,11-12,19H,1-2,4-6,9-10H2. The maximum Gasteiger partial charge on any atom is 0.433 e. The summed E-state index contributed by atoms with van der Waals surface area (Å²) in [6, 6.07) is 4.83. The van der Waals surface area contributed by atoms with Gasteiger partial charge in [0.05, 0.1) is 0 Å². The van der Waals surface area contributed by atoms with Crippen LogP contribution in [0.3, 0.4) is 0 Å². The van der Waals surface area contributed by atoms with Crippen LogP contribution < -0.4 is 10.2 Å². The zero-order valence-corrected chi connectivity index (χ0v) is 11.9. The van der Waals surface area contributed by atoms with Crippen molar-refractivity contribution >= 4 is 5.82 Å².